The zero-order chi connectivity index (χ0) is 9.26. The summed E-state index contributed by atoms with van der Waals surface area (Å²) in [7, 11) is 0. The fourth-order valence-electron chi connectivity index (χ4n) is 1.32. The molecule has 4 heteroatoms. The van der Waals surface area contributed by atoms with Crippen molar-refractivity contribution in [1.29, 1.82) is 0 Å². The number of nitrogens with zero attached hydrogens (tertiary/aromatic N) is 2. The summed E-state index contributed by atoms with van der Waals surface area (Å²) in [5, 5.41) is 0.557. The Hall–Kier alpha value is -1.71. The largest absolute Gasteiger partial charge is 0.328 e. The minimum atomic E-state index is -0.132. The number of pyridine rings is 1. The highest BCUT2D eigenvalue weighted by atomic mass is 16.1. The van der Waals surface area contributed by atoms with Crippen LogP contribution < -0.4 is 5.56 Å². The predicted octanol–water partition coefficient (Wildman–Crippen LogP) is 0.880. The Bertz CT molecular complexity index is 489. The van der Waals surface area contributed by atoms with Gasteiger partial charge in [0.1, 0.15) is 6.33 Å². The molecule has 2 heterocycles. The van der Waals surface area contributed by atoms with Crippen molar-refractivity contribution in [2.75, 3.05) is 0 Å². The molecule has 1 N–H and O–H groups in total. The lowest BCUT2D eigenvalue weighted by Gasteiger charge is -2.00. The number of rotatable bonds is 1. The Morgan fingerprint density at radius 1 is 1.54 bits per heavy atom. The molecule has 13 heavy (non-hydrogen) atoms. The molecule has 0 fully saturated rings. The summed E-state index contributed by atoms with van der Waals surface area (Å²) in [6.07, 6.45) is 5.56. The SMILES string of the molecule is CCc1c[nH]c(=O)c2cncnc12. The van der Waals surface area contributed by atoms with Crippen LogP contribution in [0, 0.1) is 0 Å². The van der Waals surface area contributed by atoms with Gasteiger partial charge in [0, 0.05) is 12.4 Å². The molecule has 0 aliphatic carbocycles. The molecule has 2 aromatic rings. The molecule has 0 unspecified atom stereocenters. The van der Waals surface area contributed by atoms with E-state index in [2.05, 4.69) is 15.0 Å². The summed E-state index contributed by atoms with van der Waals surface area (Å²) in [6, 6.07) is 0. The third-order valence-corrected chi connectivity index (χ3v) is 2.02. The van der Waals surface area contributed by atoms with Gasteiger partial charge in [-0.2, -0.15) is 0 Å². The zero-order valence-corrected chi connectivity index (χ0v) is 7.24. The summed E-state index contributed by atoms with van der Waals surface area (Å²) in [4.78, 5) is 21.9. The molecule has 0 radical (unpaired) electrons. The molecule has 0 aromatic carbocycles. The second-order valence-electron chi connectivity index (χ2n) is 2.78. The second kappa shape index (κ2) is 2.97. The topological polar surface area (TPSA) is 58.6 Å². The first-order chi connectivity index (χ1) is 6.33. The fourth-order valence-corrected chi connectivity index (χ4v) is 1.32. The minimum absolute atomic E-state index is 0.132. The number of hydrogen-bond donors (Lipinski definition) is 1. The third-order valence-electron chi connectivity index (χ3n) is 2.02. The van der Waals surface area contributed by atoms with Crippen LogP contribution in [0.25, 0.3) is 10.9 Å². The van der Waals surface area contributed by atoms with Crippen molar-refractivity contribution < 1.29 is 0 Å². The van der Waals surface area contributed by atoms with E-state index in [4.69, 9.17) is 0 Å². The number of aromatic nitrogens is 3. The summed E-state index contributed by atoms with van der Waals surface area (Å²) in [6.45, 7) is 2.02. The predicted molar refractivity (Wildman–Crippen MR) is 49.5 cm³/mol. The van der Waals surface area contributed by atoms with E-state index < -0.39 is 0 Å². The first-order valence-electron chi connectivity index (χ1n) is 4.13. The van der Waals surface area contributed by atoms with E-state index in [9.17, 15) is 4.79 Å². The van der Waals surface area contributed by atoms with Crippen LogP contribution in [0.4, 0.5) is 0 Å². The molecule has 0 saturated heterocycles. The quantitative estimate of drug-likeness (QED) is 0.699. The average molecular weight is 175 g/mol. The standard InChI is InChI=1S/C9H9N3O/c1-2-6-3-11-9(13)7-4-10-5-12-8(6)7/h3-5H,2H2,1H3,(H,11,13). The van der Waals surface area contributed by atoms with Gasteiger partial charge in [-0.1, -0.05) is 6.92 Å². The molecule has 66 valence electrons. The molecular weight excluding hydrogens is 166 g/mol. The van der Waals surface area contributed by atoms with E-state index in [0.29, 0.717) is 5.39 Å². The van der Waals surface area contributed by atoms with Crippen molar-refractivity contribution >= 4 is 10.9 Å². The van der Waals surface area contributed by atoms with Gasteiger partial charge in [0.05, 0.1) is 10.9 Å². The molecule has 0 spiro atoms. The monoisotopic (exact) mass is 175 g/mol. The van der Waals surface area contributed by atoms with Gasteiger partial charge >= 0.3 is 0 Å². The van der Waals surface area contributed by atoms with Gasteiger partial charge in [-0.05, 0) is 12.0 Å². The van der Waals surface area contributed by atoms with Crippen molar-refractivity contribution in [3.05, 3.63) is 34.6 Å². The van der Waals surface area contributed by atoms with Crippen LogP contribution >= 0.6 is 0 Å². The summed E-state index contributed by atoms with van der Waals surface area (Å²) in [5.74, 6) is 0. The molecule has 4 nitrogen and oxygen atoms in total. The minimum Gasteiger partial charge on any atom is -0.328 e. The lowest BCUT2D eigenvalue weighted by molar-refractivity contribution is 1.08. The number of fused-ring (bicyclic) bond motifs is 1. The molecular formula is C9H9N3O. The van der Waals surface area contributed by atoms with Crippen molar-refractivity contribution in [3.8, 4) is 0 Å². The normalized spacial score (nSPS) is 10.5. The molecule has 0 atom stereocenters. The Morgan fingerprint density at radius 3 is 3.15 bits per heavy atom. The van der Waals surface area contributed by atoms with Crippen molar-refractivity contribution in [2.45, 2.75) is 13.3 Å². The number of hydrogen-bond acceptors (Lipinski definition) is 3. The van der Waals surface area contributed by atoms with Gasteiger partial charge in [0.15, 0.2) is 0 Å². The Morgan fingerprint density at radius 2 is 2.38 bits per heavy atom. The van der Waals surface area contributed by atoms with Crippen LogP contribution in [-0.2, 0) is 6.42 Å². The molecule has 0 aliphatic heterocycles. The van der Waals surface area contributed by atoms with E-state index in [0.717, 1.165) is 17.5 Å². The zero-order valence-electron chi connectivity index (χ0n) is 7.24. The second-order valence-corrected chi connectivity index (χ2v) is 2.78. The Labute approximate surface area is 74.7 Å². The lowest BCUT2D eigenvalue weighted by atomic mass is 10.1. The Balaban J connectivity index is 2.93. The van der Waals surface area contributed by atoms with E-state index in [-0.39, 0.29) is 5.56 Å². The summed E-state index contributed by atoms with van der Waals surface area (Å²) >= 11 is 0. The molecule has 0 bridgehead atoms. The highest BCUT2D eigenvalue weighted by Crippen LogP contribution is 2.09. The first kappa shape index (κ1) is 7.91. The van der Waals surface area contributed by atoms with Gasteiger partial charge in [-0.25, -0.2) is 9.97 Å². The van der Waals surface area contributed by atoms with E-state index >= 15 is 0 Å². The number of H-pyrrole nitrogens is 1. The molecule has 0 amide bonds. The lowest BCUT2D eigenvalue weighted by Crippen LogP contribution is -2.08. The van der Waals surface area contributed by atoms with Crippen molar-refractivity contribution in [2.24, 2.45) is 0 Å². The maximum absolute atomic E-state index is 11.3. The van der Waals surface area contributed by atoms with Crippen LogP contribution in [0.3, 0.4) is 0 Å². The maximum Gasteiger partial charge on any atom is 0.258 e. The summed E-state index contributed by atoms with van der Waals surface area (Å²) in [5.41, 5.74) is 1.66. The highest BCUT2D eigenvalue weighted by molar-refractivity contribution is 5.79. The molecule has 2 aromatic heterocycles. The summed E-state index contributed by atoms with van der Waals surface area (Å²) < 4.78 is 0. The molecule has 0 aliphatic rings. The highest BCUT2D eigenvalue weighted by Gasteiger charge is 2.03. The maximum atomic E-state index is 11.3. The number of aromatic amines is 1. The van der Waals surface area contributed by atoms with Gasteiger partial charge in [0.25, 0.3) is 5.56 Å². The van der Waals surface area contributed by atoms with Crippen molar-refractivity contribution in [3.63, 3.8) is 0 Å². The number of nitrogens with one attached hydrogen (secondary N) is 1. The van der Waals surface area contributed by atoms with E-state index in [1.54, 1.807) is 12.4 Å². The van der Waals surface area contributed by atoms with Crippen LogP contribution in [0.5, 0.6) is 0 Å². The smallest absolute Gasteiger partial charge is 0.258 e. The average Bonchev–Trinajstić information content (AvgIpc) is 2.19. The van der Waals surface area contributed by atoms with Gasteiger partial charge < -0.3 is 4.98 Å². The molecule has 2 rings (SSSR count). The van der Waals surface area contributed by atoms with Crippen LogP contribution in [0.1, 0.15) is 12.5 Å². The van der Waals surface area contributed by atoms with Crippen molar-refractivity contribution in [1.82, 2.24) is 15.0 Å². The van der Waals surface area contributed by atoms with Gasteiger partial charge in [-0.15, -0.1) is 0 Å². The van der Waals surface area contributed by atoms with Crippen LogP contribution in [0.15, 0.2) is 23.5 Å². The number of aryl methyl sites for hydroxylation is 1. The van der Waals surface area contributed by atoms with Gasteiger partial charge in [0.2, 0.25) is 0 Å². The first-order valence-corrected chi connectivity index (χ1v) is 4.13. The Kier molecular flexibility index (Phi) is 1.81. The van der Waals surface area contributed by atoms with Crippen LogP contribution in [-0.4, -0.2) is 15.0 Å². The fraction of sp³-hybridized carbons (Fsp3) is 0.222. The van der Waals surface area contributed by atoms with E-state index in [1.165, 1.54) is 6.33 Å². The van der Waals surface area contributed by atoms with Crippen LogP contribution in [0.2, 0.25) is 0 Å². The van der Waals surface area contributed by atoms with Gasteiger partial charge in [-0.3, -0.25) is 4.79 Å². The molecule has 0 saturated carbocycles. The van der Waals surface area contributed by atoms with E-state index in [1.807, 2.05) is 6.92 Å². The third kappa shape index (κ3) is 1.20.